The number of ketones is 1. The van der Waals surface area contributed by atoms with Crippen molar-refractivity contribution in [2.75, 3.05) is 25.4 Å². The lowest BCUT2D eigenvalue weighted by atomic mass is 9.99. The molecule has 7 heteroatoms. The number of hydrogen-bond acceptors (Lipinski definition) is 5. The average molecular weight is 396 g/mol. The van der Waals surface area contributed by atoms with Crippen molar-refractivity contribution in [1.82, 2.24) is 4.90 Å². The molecular weight excluding hydrogens is 366 g/mol. The summed E-state index contributed by atoms with van der Waals surface area (Å²) in [6, 6.07) is 8.01. The Morgan fingerprint density at radius 1 is 1.00 bits per heavy atom. The minimum atomic E-state index is -1.26. The molecule has 1 rings (SSSR count). The number of aliphatic carboxylic acids is 2. The van der Waals surface area contributed by atoms with Gasteiger partial charge in [-0.2, -0.15) is 0 Å². The molecule has 0 radical (unpaired) electrons. The third-order valence-corrected chi connectivity index (χ3v) is 4.59. The third-order valence-electron chi connectivity index (χ3n) is 3.69. The Kier molecular flexibility index (Phi) is 12.9. The SMILES string of the molecule is CCSc1ccc(C(=O)C(C)CN(CC)CC)cc1.O=C(O)/C=C/C(=O)O. The van der Waals surface area contributed by atoms with Gasteiger partial charge in [0.05, 0.1) is 0 Å². The van der Waals surface area contributed by atoms with E-state index in [9.17, 15) is 14.4 Å². The van der Waals surface area contributed by atoms with E-state index in [-0.39, 0.29) is 11.7 Å². The summed E-state index contributed by atoms with van der Waals surface area (Å²) in [4.78, 5) is 35.0. The van der Waals surface area contributed by atoms with Crippen molar-refractivity contribution in [3.63, 3.8) is 0 Å². The van der Waals surface area contributed by atoms with E-state index in [1.165, 1.54) is 4.90 Å². The van der Waals surface area contributed by atoms with Gasteiger partial charge in [-0.05, 0) is 31.0 Å². The van der Waals surface area contributed by atoms with Crippen molar-refractivity contribution >= 4 is 29.5 Å². The van der Waals surface area contributed by atoms with Gasteiger partial charge in [0.2, 0.25) is 0 Å². The zero-order chi connectivity index (χ0) is 20.8. The molecule has 0 amide bonds. The number of rotatable bonds is 10. The number of carbonyl (C=O) groups is 3. The number of hydrogen-bond donors (Lipinski definition) is 2. The first-order valence-corrected chi connectivity index (χ1v) is 9.86. The lowest BCUT2D eigenvalue weighted by Crippen LogP contribution is -2.31. The molecule has 6 nitrogen and oxygen atoms in total. The zero-order valence-corrected chi connectivity index (χ0v) is 17.2. The molecule has 0 aromatic heterocycles. The highest BCUT2D eigenvalue weighted by atomic mass is 32.2. The second-order valence-corrected chi connectivity index (χ2v) is 7.06. The van der Waals surface area contributed by atoms with Crippen molar-refractivity contribution in [2.24, 2.45) is 5.92 Å². The summed E-state index contributed by atoms with van der Waals surface area (Å²) in [5, 5.41) is 15.6. The summed E-state index contributed by atoms with van der Waals surface area (Å²) in [5.74, 6) is -1.14. The average Bonchev–Trinajstić information content (AvgIpc) is 2.65. The van der Waals surface area contributed by atoms with Crippen LogP contribution < -0.4 is 0 Å². The number of carbonyl (C=O) groups excluding carboxylic acids is 1. The number of carboxylic acid groups (broad SMARTS) is 2. The predicted octanol–water partition coefficient (Wildman–Crippen LogP) is 3.67. The summed E-state index contributed by atoms with van der Waals surface area (Å²) >= 11 is 1.80. The van der Waals surface area contributed by atoms with Gasteiger partial charge in [-0.3, -0.25) is 4.79 Å². The van der Waals surface area contributed by atoms with E-state index in [1.807, 2.05) is 31.2 Å². The Morgan fingerprint density at radius 3 is 1.85 bits per heavy atom. The first kappa shape index (κ1) is 24.9. The Morgan fingerprint density at radius 2 is 1.48 bits per heavy atom. The first-order valence-electron chi connectivity index (χ1n) is 8.88. The molecule has 0 fully saturated rings. The van der Waals surface area contributed by atoms with Crippen LogP contribution in [0, 0.1) is 5.92 Å². The Labute approximate surface area is 165 Å². The van der Waals surface area contributed by atoms with Crippen molar-refractivity contribution in [2.45, 2.75) is 32.6 Å². The topological polar surface area (TPSA) is 94.9 Å². The van der Waals surface area contributed by atoms with Crippen LogP contribution in [-0.4, -0.2) is 58.2 Å². The fourth-order valence-electron chi connectivity index (χ4n) is 2.26. The number of thioether (sulfide) groups is 1. The van der Waals surface area contributed by atoms with E-state index in [2.05, 4.69) is 25.7 Å². The zero-order valence-electron chi connectivity index (χ0n) is 16.3. The van der Waals surface area contributed by atoms with Crippen LogP contribution in [0.4, 0.5) is 0 Å². The van der Waals surface area contributed by atoms with Gasteiger partial charge in [-0.15, -0.1) is 11.8 Å². The van der Waals surface area contributed by atoms with Crippen molar-refractivity contribution < 1.29 is 24.6 Å². The van der Waals surface area contributed by atoms with Gasteiger partial charge in [0.25, 0.3) is 0 Å². The van der Waals surface area contributed by atoms with Gasteiger partial charge in [-0.1, -0.05) is 39.8 Å². The second-order valence-electron chi connectivity index (χ2n) is 5.72. The predicted molar refractivity (Wildman–Crippen MR) is 109 cm³/mol. The number of benzene rings is 1. The summed E-state index contributed by atoms with van der Waals surface area (Å²) in [7, 11) is 0. The van der Waals surface area contributed by atoms with E-state index in [1.54, 1.807) is 11.8 Å². The molecule has 2 N–H and O–H groups in total. The minimum Gasteiger partial charge on any atom is -0.478 e. The third kappa shape index (κ3) is 11.2. The maximum Gasteiger partial charge on any atom is 0.328 e. The number of Topliss-reactive ketones (excluding diaryl/α,β-unsaturated/α-hetero) is 1. The first-order chi connectivity index (χ1) is 12.7. The fraction of sp³-hybridized carbons (Fsp3) is 0.450. The molecule has 0 spiro atoms. The molecular formula is C20H29NO5S. The molecule has 0 bridgehead atoms. The minimum absolute atomic E-state index is 0.0598. The smallest absolute Gasteiger partial charge is 0.328 e. The van der Waals surface area contributed by atoms with E-state index in [0.717, 1.165) is 31.0 Å². The van der Waals surface area contributed by atoms with Crippen molar-refractivity contribution in [3.05, 3.63) is 42.0 Å². The summed E-state index contributed by atoms with van der Waals surface area (Å²) in [5.41, 5.74) is 0.833. The van der Waals surface area contributed by atoms with Gasteiger partial charge in [0, 0.05) is 35.1 Å². The van der Waals surface area contributed by atoms with Gasteiger partial charge >= 0.3 is 11.9 Å². The molecule has 0 saturated heterocycles. The summed E-state index contributed by atoms with van der Waals surface area (Å²) in [6.07, 6.45) is 1.12. The van der Waals surface area contributed by atoms with Crippen LogP contribution >= 0.6 is 11.8 Å². The van der Waals surface area contributed by atoms with Gasteiger partial charge in [-0.25, -0.2) is 9.59 Å². The van der Waals surface area contributed by atoms with Gasteiger partial charge in [0.15, 0.2) is 5.78 Å². The molecule has 27 heavy (non-hydrogen) atoms. The van der Waals surface area contributed by atoms with E-state index < -0.39 is 11.9 Å². The van der Waals surface area contributed by atoms with Crippen LogP contribution in [-0.2, 0) is 9.59 Å². The summed E-state index contributed by atoms with van der Waals surface area (Å²) in [6.45, 7) is 11.3. The molecule has 0 aliphatic rings. The monoisotopic (exact) mass is 395 g/mol. The maximum atomic E-state index is 12.3. The van der Waals surface area contributed by atoms with Crippen LogP contribution in [0.25, 0.3) is 0 Å². The second kappa shape index (κ2) is 14.0. The molecule has 150 valence electrons. The lowest BCUT2D eigenvalue weighted by Gasteiger charge is -2.21. The van der Waals surface area contributed by atoms with E-state index >= 15 is 0 Å². The highest BCUT2D eigenvalue weighted by molar-refractivity contribution is 7.99. The van der Waals surface area contributed by atoms with Gasteiger partial charge in [0.1, 0.15) is 0 Å². The number of nitrogens with zero attached hydrogens (tertiary/aromatic N) is 1. The Hall–Kier alpha value is -2.12. The molecule has 1 aromatic rings. The molecule has 0 heterocycles. The van der Waals surface area contributed by atoms with Crippen molar-refractivity contribution in [1.29, 1.82) is 0 Å². The standard InChI is InChI=1S/C16H25NOS.C4H4O4/c1-5-17(6-2)12-13(4)16(18)14-8-10-15(11-9-14)19-7-3;5-3(6)1-2-4(7)8/h8-11,13H,5-7,12H2,1-4H3;1-2H,(H,5,6)(H,7,8)/b;2-1+. The van der Waals surface area contributed by atoms with Crippen LogP contribution in [0.2, 0.25) is 0 Å². The quantitative estimate of drug-likeness (QED) is 0.354. The molecule has 0 aliphatic heterocycles. The molecule has 1 unspecified atom stereocenters. The van der Waals surface area contributed by atoms with Crippen LogP contribution in [0.5, 0.6) is 0 Å². The number of carboxylic acids is 2. The van der Waals surface area contributed by atoms with Crippen LogP contribution in [0.1, 0.15) is 38.1 Å². The molecule has 1 atom stereocenters. The molecule has 0 saturated carbocycles. The highest BCUT2D eigenvalue weighted by Gasteiger charge is 2.17. The maximum absolute atomic E-state index is 12.3. The Bertz CT molecular complexity index is 608. The molecule has 1 aromatic carbocycles. The normalized spacial score (nSPS) is 11.7. The fourth-order valence-corrected chi connectivity index (χ4v) is 2.92. The largest absolute Gasteiger partial charge is 0.478 e. The summed E-state index contributed by atoms with van der Waals surface area (Å²) < 4.78 is 0. The van der Waals surface area contributed by atoms with E-state index in [4.69, 9.17) is 10.2 Å². The van der Waals surface area contributed by atoms with E-state index in [0.29, 0.717) is 12.2 Å². The van der Waals surface area contributed by atoms with Crippen LogP contribution in [0.15, 0.2) is 41.3 Å². The molecule has 0 aliphatic carbocycles. The lowest BCUT2D eigenvalue weighted by molar-refractivity contribution is -0.134. The van der Waals surface area contributed by atoms with Crippen molar-refractivity contribution in [3.8, 4) is 0 Å². The van der Waals surface area contributed by atoms with Crippen LogP contribution in [0.3, 0.4) is 0 Å². The Balaban J connectivity index is 0.000000713. The highest BCUT2D eigenvalue weighted by Crippen LogP contribution is 2.19. The van der Waals surface area contributed by atoms with Gasteiger partial charge < -0.3 is 15.1 Å².